The molecule has 0 bridgehead atoms. The van der Waals surface area contributed by atoms with Gasteiger partial charge in [0.05, 0.1) is 17.6 Å². The van der Waals surface area contributed by atoms with Crippen molar-refractivity contribution in [3.8, 4) is 0 Å². The van der Waals surface area contributed by atoms with E-state index in [0.29, 0.717) is 6.04 Å². The van der Waals surface area contributed by atoms with Gasteiger partial charge in [0, 0.05) is 16.7 Å². The fourth-order valence-corrected chi connectivity index (χ4v) is 1.67. The molecule has 0 aliphatic carbocycles. The van der Waals surface area contributed by atoms with Crippen LogP contribution in [0.15, 0.2) is 29.0 Å². The van der Waals surface area contributed by atoms with E-state index in [1.54, 1.807) is 6.20 Å². The number of aryl methyl sites for hydroxylation is 1. The van der Waals surface area contributed by atoms with Gasteiger partial charge in [-0.2, -0.15) is 5.10 Å². The molecule has 0 aromatic carbocycles. The Morgan fingerprint density at radius 2 is 2.12 bits per heavy atom. The van der Waals surface area contributed by atoms with E-state index in [4.69, 9.17) is 0 Å². The number of pyridine rings is 1. The summed E-state index contributed by atoms with van der Waals surface area (Å²) in [7, 11) is 0. The van der Waals surface area contributed by atoms with Crippen LogP contribution in [0.2, 0.25) is 0 Å². The fourth-order valence-electron chi connectivity index (χ4n) is 1.45. The van der Waals surface area contributed by atoms with Crippen LogP contribution in [0.25, 0.3) is 0 Å². The van der Waals surface area contributed by atoms with Crippen LogP contribution in [0.5, 0.6) is 0 Å². The minimum absolute atomic E-state index is 0.366. The molecule has 0 fully saturated rings. The maximum atomic E-state index is 4.43. The summed E-state index contributed by atoms with van der Waals surface area (Å²) in [5.41, 5.74) is 1.92. The molecule has 5 heteroatoms. The number of nitrogens with zero attached hydrogens (tertiary/aromatic N) is 3. The zero-order valence-corrected chi connectivity index (χ0v) is 11.7. The Hall–Kier alpha value is -1.36. The van der Waals surface area contributed by atoms with Gasteiger partial charge in [0.25, 0.3) is 0 Å². The molecule has 0 saturated carbocycles. The van der Waals surface area contributed by atoms with Crippen LogP contribution in [-0.4, -0.2) is 14.8 Å². The average molecular weight is 295 g/mol. The first kappa shape index (κ1) is 12.1. The molecule has 0 radical (unpaired) electrons. The normalized spacial score (nSPS) is 10.9. The molecule has 17 heavy (non-hydrogen) atoms. The Kier molecular flexibility index (Phi) is 3.47. The molecule has 4 nitrogen and oxygen atoms in total. The summed E-state index contributed by atoms with van der Waals surface area (Å²) in [6, 6.07) is 4.28. The van der Waals surface area contributed by atoms with E-state index in [9.17, 15) is 0 Å². The van der Waals surface area contributed by atoms with Gasteiger partial charge in [-0.05, 0) is 48.8 Å². The highest BCUT2D eigenvalue weighted by molar-refractivity contribution is 9.10. The van der Waals surface area contributed by atoms with Gasteiger partial charge in [0.2, 0.25) is 0 Å². The monoisotopic (exact) mass is 294 g/mol. The van der Waals surface area contributed by atoms with Gasteiger partial charge in [-0.15, -0.1) is 0 Å². The minimum Gasteiger partial charge on any atom is -0.338 e. The Morgan fingerprint density at radius 1 is 1.35 bits per heavy atom. The van der Waals surface area contributed by atoms with Crippen LogP contribution in [0.1, 0.15) is 25.6 Å². The second-order valence-electron chi connectivity index (χ2n) is 4.19. The maximum absolute atomic E-state index is 4.43. The van der Waals surface area contributed by atoms with Gasteiger partial charge >= 0.3 is 0 Å². The van der Waals surface area contributed by atoms with Crippen molar-refractivity contribution in [1.29, 1.82) is 0 Å². The summed E-state index contributed by atoms with van der Waals surface area (Å²) in [5, 5.41) is 7.50. The predicted molar refractivity (Wildman–Crippen MR) is 72.6 cm³/mol. The number of halogens is 1. The van der Waals surface area contributed by atoms with Crippen molar-refractivity contribution in [2.75, 3.05) is 5.32 Å². The number of hydrogen-bond acceptors (Lipinski definition) is 3. The standard InChI is InChI=1S/C12H15BrN4/c1-8(2)17-7-10(6-14-17)16-12-5-4-11(13)9(3)15-12/h4-8H,1-3H3,(H,15,16). The van der Waals surface area contributed by atoms with E-state index in [1.807, 2.05) is 29.9 Å². The Balaban J connectivity index is 2.16. The summed E-state index contributed by atoms with van der Waals surface area (Å²) in [6.07, 6.45) is 3.78. The number of hydrogen-bond donors (Lipinski definition) is 1. The lowest BCUT2D eigenvalue weighted by atomic mass is 10.3. The quantitative estimate of drug-likeness (QED) is 0.939. The van der Waals surface area contributed by atoms with E-state index in [0.717, 1.165) is 21.7 Å². The number of aromatic nitrogens is 3. The van der Waals surface area contributed by atoms with Gasteiger partial charge in [-0.25, -0.2) is 4.98 Å². The number of rotatable bonds is 3. The third-order valence-corrected chi connectivity index (χ3v) is 3.26. The zero-order valence-electron chi connectivity index (χ0n) is 10.1. The summed E-state index contributed by atoms with van der Waals surface area (Å²) >= 11 is 3.43. The average Bonchev–Trinajstić information content (AvgIpc) is 2.72. The van der Waals surface area contributed by atoms with E-state index < -0.39 is 0 Å². The smallest absolute Gasteiger partial charge is 0.130 e. The summed E-state index contributed by atoms with van der Waals surface area (Å²) in [5.74, 6) is 0.828. The number of anilines is 2. The fraction of sp³-hybridized carbons (Fsp3) is 0.333. The lowest BCUT2D eigenvalue weighted by Crippen LogP contribution is -2.00. The van der Waals surface area contributed by atoms with Gasteiger partial charge in [-0.3, -0.25) is 4.68 Å². The first-order chi connectivity index (χ1) is 8.06. The number of nitrogens with one attached hydrogen (secondary N) is 1. The molecule has 1 N–H and O–H groups in total. The van der Waals surface area contributed by atoms with Crippen molar-refractivity contribution in [3.05, 3.63) is 34.7 Å². The molecule has 2 rings (SSSR count). The van der Waals surface area contributed by atoms with E-state index in [-0.39, 0.29) is 0 Å². The van der Waals surface area contributed by atoms with Crippen LogP contribution in [0, 0.1) is 6.92 Å². The topological polar surface area (TPSA) is 42.7 Å². The van der Waals surface area contributed by atoms with Gasteiger partial charge in [-0.1, -0.05) is 0 Å². The third-order valence-electron chi connectivity index (χ3n) is 2.42. The van der Waals surface area contributed by atoms with Crippen LogP contribution >= 0.6 is 15.9 Å². The highest BCUT2D eigenvalue weighted by Crippen LogP contribution is 2.19. The second-order valence-corrected chi connectivity index (χ2v) is 5.05. The van der Waals surface area contributed by atoms with Gasteiger partial charge < -0.3 is 5.32 Å². The molecule has 0 atom stereocenters. The highest BCUT2D eigenvalue weighted by atomic mass is 79.9. The first-order valence-electron chi connectivity index (χ1n) is 5.50. The molecule has 2 aromatic rings. The first-order valence-corrected chi connectivity index (χ1v) is 6.30. The van der Waals surface area contributed by atoms with Crippen LogP contribution in [-0.2, 0) is 0 Å². The molecule has 0 amide bonds. The molecule has 0 saturated heterocycles. The van der Waals surface area contributed by atoms with E-state index >= 15 is 0 Å². The van der Waals surface area contributed by atoms with Crippen molar-refractivity contribution in [2.45, 2.75) is 26.8 Å². The van der Waals surface area contributed by atoms with Gasteiger partial charge in [0.1, 0.15) is 5.82 Å². The Morgan fingerprint density at radius 3 is 2.71 bits per heavy atom. The summed E-state index contributed by atoms with van der Waals surface area (Å²) < 4.78 is 2.93. The van der Waals surface area contributed by atoms with Crippen molar-refractivity contribution < 1.29 is 0 Å². The van der Waals surface area contributed by atoms with Crippen molar-refractivity contribution in [3.63, 3.8) is 0 Å². The lowest BCUT2D eigenvalue weighted by molar-refractivity contribution is 0.532. The van der Waals surface area contributed by atoms with Crippen LogP contribution < -0.4 is 5.32 Å². The molecule has 90 valence electrons. The summed E-state index contributed by atoms with van der Waals surface area (Å²) in [6.45, 7) is 6.16. The SMILES string of the molecule is Cc1nc(Nc2cnn(C(C)C)c2)ccc1Br. The molecule has 2 aromatic heterocycles. The van der Waals surface area contributed by atoms with Crippen molar-refractivity contribution >= 4 is 27.4 Å². The molecule has 0 aliphatic rings. The third kappa shape index (κ3) is 2.85. The minimum atomic E-state index is 0.366. The zero-order chi connectivity index (χ0) is 12.4. The molecule has 0 spiro atoms. The second kappa shape index (κ2) is 4.87. The van der Waals surface area contributed by atoms with E-state index in [2.05, 4.69) is 45.2 Å². The lowest BCUT2D eigenvalue weighted by Gasteiger charge is -2.05. The maximum Gasteiger partial charge on any atom is 0.130 e. The molecule has 0 aliphatic heterocycles. The van der Waals surface area contributed by atoms with Crippen molar-refractivity contribution in [1.82, 2.24) is 14.8 Å². The highest BCUT2D eigenvalue weighted by Gasteiger charge is 2.03. The van der Waals surface area contributed by atoms with E-state index in [1.165, 1.54) is 0 Å². The van der Waals surface area contributed by atoms with Crippen LogP contribution in [0.3, 0.4) is 0 Å². The molecule has 2 heterocycles. The molecular formula is C12H15BrN4. The molecular weight excluding hydrogens is 280 g/mol. The van der Waals surface area contributed by atoms with Crippen LogP contribution in [0.4, 0.5) is 11.5 Å². The van der Waals surface area contributed by atoms with Crippen molar-refractivity contribution in [2.24, 2.45) is 0 Å². The Labute approximate surface area is 109 Å². The molecule has 0 unspecified atom stereocenters. The Bertz CT molecular complexity index is 519. The van der Waals surface area contributed by atoms with Gasteiger partial charge in [0.15, 0.2) is 0 Å². The predicted octanol–water partition coefficient (Wildman–Crippen LogP) is 3.67. The largest absolute Gasteiger partial charge is 0.338 e. The summed E-state index contributed by atoms with van der Waals surface area (Å²) in [4.78, 5) is 4.43.